The molecule has 1 atom stereocenters. The number of ether oxygens (including phenoxy) is 2. The van der Waals surface area contributed by atoms with Gasteiger partial charge >= 0.3 is 6.09 Å². The van der Waals surface area contributed by atoms with Crippen LogP contribution in [-0.2, 0) is 0 Å². The number of aromatic nitrogens is 2. The summed E-state index contributed by atoms with van der Waals surface area (Å²) in [5.74, 6) is 1.63. The summed E-state index contributed by atoms with van der Waals surface area (Å²) in [6.45, 7) is 10.3. The zero-order valence-corrected chi connectivity index (χ0v) is 28.8. The van der Waals surface area contributed by atoms with Gasteiger partial charge in [-0.1, -0.05) is 18.2 Å². The van der Waals surface area contributed by atoms with Gasteiger partial charge in [0.15, 0.2) is 0 Å². The van der Waals surface area contributed by atoms with Crippen LogP contribution in [0.4, 0.5) is 27.9 Å². The molecule has 2 N–H and O–H groups in total. The Hall–Kier alpha value is -4.87. The van der Waals surface area contributed by atoms with Crippen molar-refractivity contribution < 1.29 is 19.4 Å². The molecule has 4 aromatic rings. The van der Waals surface area contributed by atoms with Crippen molar-refractivity contribution in [3.63, 3.8) is 0 Å². The van der Waals surface area contributed by atoms with E-state index in [0.29, 0.717) is 17.1 Å². The Morgan fingerprint density at radius 1 is 0.958 bits per heavy atom. The van der Waals surface area contributed by atoms with Crippen LogP contribution in [0.5, 0.6) is 11.5 Å². The van der Waals surface area contributed by atoms with Crippen molar-refractivity contribution in [2.24, 2.45) is 0 Å². The fraction of sp³-hybridized carbons (Fsp3) is 0.378. The minimum Gasteiger partial charge on any atom is -0.497 e. The fourth-order valence-electron chi connectivity index (χ4n) is 6.34. The topological polar surface area (TPSA) is 107 Å². The van der Waals surface area contributed by atoms with Gasteiger partial charge in [0, 0.05) is 49.3 Å². The summed E-state index contributed by atoms with van der Waals surface area (Å²) in [5, 5.41) is 14.0. The molecule has 1 aromatic heterocycles. The molecule has 2 heterocycles. The van der Waals surface area contributed by atoms with E-state index in [2.05, 4.69) is 51.2 Å². The Morgan fingerprint density at radius 2 is 1.67 bits per heavy atom. The summed E-state index contributed by atoms with van der Waals surface area (Å²) in [7, 11) is 7.39. The van der Waals surface area contributed by atoms with Gasteiger partial charge in [-0.3, -0.25) is 4.90 Å². The van der Waals surface area contributed by atoms with E-state index in [1.54, 1.807) is 38.6 Å². The van der Waals surface area contributed by atoms with Gasteiger partial charge in [-0.05, 0) is 113 Å². The van der Waals surface area contributed by atoms with Crippen molar-refractivity contribution >= 4 is 29.2 Å². The summed E-state index contributed by atoms with van der Waals surface area (Å²) >= 11 is 0. The van der Waals surface area contributed by atoms with Crippen molar-refractivity contribution in [3.8, 4) is 11.5 Å². The third kappa shape index (κ3) is 8.15. The molecular formula is C37H47N7O4. The Morgan fingerprint density at radius 3 is 2.29 bits per heavy atom. The first-order valence-corrected chi connectivity index (χ1v) is 16.3. The van der Waals surface area contributed by atoms with Crippen LogP contribution in [0.15, 0.2) is 72.9 Å². The molecule has 0 saturated carbocycles. The van der Waals surface area contributed by atoms with Crippen LogP contribution in [-0.4, -0.2) is 98.6 Å². The number of nitrogens with zero attached hydrogens (tertiary/aromatic N) is 6. The molecule has 0 radical (unpaired) electrons. The lowest BCUT2D eigenvalue weighted by atomic mass is 9.89. The van der Waals surface area contributed by atoms with Gasteiger partial charge in [-0.25, -0.2) is 14.7 Å². The van der Waals surface area contributed by atoms with Crippen LogP contribution in [0.3, 0.4) is 0 Å². The molecule has 0 spiro atoms. The molecule has 0 bridgehead atoms. The normalized spacial score (nSPS) is 14.1. The highest BCUT2D eigenvalue weighted by atomic mass is 16.5. The van der Waals surface area contributed by atoms with Crippen LogP contribution < -0.4 is 24.6 Å². The van der Waals surface area contributed by atoms with E-state index >= 15 is 0 Å². The number of carbonyl (C=O) groups is 1. The first-order chi connectivity index (χ1) is 23.2. The monoisotopic (exact) mass is 653 g/mol. The molecule has 1 amide bonds. The van der Waals surface area contributed by atoms with Crippen molar-refractivity contribution in [2.45, 2.75) is 26.3 Å². The molecule has 3 aromatic carbocycles. The molecule has 48 heavy (non-hydrogen) atoms. The Labute approximate surface area is 283 Å². The third-order valence-corrected chi connectivity index (χ3v) is 8.84. The smallest absolute Gasteiger partial charge is 0.413 e. The van der Waals surface area contributed by atoms with Crippen LogP contribution in [0.2, 0.25) is 0 Å². The van der Waals surface area contributed by atoms with Crippen LogP contribution >= 0.6 is 0 Å². The van der Waals surface area contributed by atoms with Crippen LogP contribution in [0.25, 0.3) is 0 Å². The maximum atomic E-state index is 13.2. The number of methoxy groups -OCH3 is 2. The summed E-state index contributed by atoms with van der Waals surface area (Å²) in [6.07, 6.45) is 1.58. The van der Waals surface area contributed by atoms with Crippen molar-refractivity contribution in [3.05, 3.63) is 95.2 Å². The number of hydrogen-bond donors (Lipinski definition) is 2. The summed E-state index contributed by atoms with van der Waals surface area (Å²) in [5.41, 5.74) is 5.33. The average molecular weight is 654 g/mol. The zero-order chi connectivity index (χ0) is 34.2. The zero-order valence-electron chi connectivity index (χ0n) is 28.8. The molecule has 0 aliphatic carbocycles. The highest BCUT2D eigenvalue weighted by molar-refractivity contribution is 5.87. The molecule has 1 fully saturated rings. The SMILES string of the molecule is COc1ccc(OC)c(C(c2c(C)cccc2C)N(C(=O)O)c2ccnc(Nc3ccc(N4CCN(CCCN(C)C)CC4)cc3)n2)c1. The van der Waals surface area contributed by atoms with E-state index in [1.807, 2.05) is 50.2 Å². The van der Waals surface area contributed by atoms with E-state index in [4.69, 9.17) is 14.5 Å². The first-order valence-electron chi connectivity index (χ1n) is 16.3. The molecule has 5 rings (SSSR count). The second-order valence-electron chi connectivity index (χ2n) is 12.4. The second kappa shape index (κ2) is 15.8. The molecule has 1 aliphatic rings. The number of rotatable bonds is 13. The highest BCUT2D eigenvalue weighted by Gasteiger charge is 2.34. The molecule has 254 valence electrons. The Balaban J connectivity index is 1.39. The summed E-state index contributed by atoms with van der Waals surface area (Å²) in [4.78, 5) is 30.8. The largest absolute Gasteiger partial charge is 0.497 e. The van der Waals surface area contributed by atoms with Gasteiger partial charge in [0.05, 0.1) is 20.3 Å². The molecule has 11 nitrogen and oxygen atoms in total. The lowest BCUT2D eigenvalue weighted by Crippen LogP contribution is -2.46. The number of piperazine rings is 1. The third-order valence-electron chi connectivity index (χ3n) is 8.84. The predicted octanol–water partition coefficient (Wildman–Crippen LogP) is 6.20. The predicted molar refractivity (Wildman–Crippen MR) is 191 cm³/mol. The Kier molecular flexibility index (Phi) is 11.4. The maximum absolute atomic E-state index is 13.2. The molecule has 11 heteroatoms. The second-order valence-corrected chi connectivity index (χ2v) is 12.4. The molecule has 1 aliphatic heterocycles. The van der Waals surface area contributed by atoms with E-state index in [1.165, 1.54) is 17.0 Å². The van der Waals surface area contributed by atoms with Gasteiger partial charge in [0.2, 0.25) is 5.95 Å². The minimum absolute atomic E-state index is 0.220. The fourth-order valence-corrected chi connectivity index (χ4v) is 6.34. The summed E-state index contributed by atoms with van der Waals surface area (Å²) < 4.78 is 11.3. The molecular weight excluding hydrogens is 606 g/mol. The van der Waals surface area contributed by atoms with Gasteiger partial charge < -0.3 is 29.7 Å². The lowest BCUT2D eigenvalue weighted by molar-refractivity contribution is 0.199. The highest BCUT2D eigenvalue weighted by Crippen LogP contribution is 2.41. The number of amides is 1. The minimum atomic E-state index is -1.17. The molecule has 1 unspecified atom stereocenters. The van der Waals surface area contributed by atoms with Crippen molar-refractivity contribution in [1.82, 2.24) is 19.8 Å². The number of nitrogens with one attached hydrogen (secondary N) is 1. The van der Waals surface area contributed by atoms with Crippen molar-refractivity contribution in [2.75, 3.05) is 82.7 Å². The quantitative estimate of drug-likeness (QED) is 0.173. The maximum Gasteiger partial charge on any atom is 0.413 e. The van der Waals surface area contributed by atoms with Gasteiger partial charge in [0.25, 0.3) is 0 Å². The first kappa shape index (κ1) is 34.5. The number of aryl methyl sites for hydroxylation is 2. The van der Waals surface area contributed by atoms with Crippen LogP contribution in [0, 0.1) is 13.8 Å². The number of hydrogen-bond acceptors (Lipinski definition) is 9. The van der Waals surface area contributed by atoms with Gasteiger partial charge in [-0.2, -0.15) is 4.98 Å². The van der Waals surface area contributed by atoms with E-state index in [9.17, 15) is 9.90 Å². The van der Waals surface area contributed by atoms with Gasteiger partial charge in [-0.15, -0.1) is 0 Å². The lowest BCUT2D eigenvalue weighted by Gasteiger charge is -2.36. The van der Waals surface area contributed by atoms with E-state index in [0.717, 1.165) is 61.6 Å². The van der Waals surface area contributed by atoms with E-state index in [-0.39, 0.29) is 11.8 Å². The standard InChI is InChI=1S/C37H47N7O4/c1-26-9-7-10-27(2)34(26)35(31-25-30(47-5)15-16-32(31)48-6)44(37(45)46)33-17-18-38-36(40-33)39-28-11-13-29(14-12-28)43-23-21-42(22-24-43)20-8-19-41(3)4/h7,9-18,25,35H,8,19-24H2,1-6H3,(H,45,46)(H,38,39,40). The van der Waals surface area contributed by atoms with Crippen LogP contribution in [0.1, 0.15) is 34.7 Å². The van der Waals surface area contributed by atoms with Gasteiger partial charge in [0.1, 0.15) is 17.3 Å². The average Bonchev–Trinajstić information content (AvgIpc) is 3.08. The number of anilines is 4. The van der Waals surface area contributed by atoms with E-state index < -0.39 is 12.1 Å². The number of benzene rings is 3. The molecule has 1 saturated heterocycles. The summed E-state index contributed by atoms with van der Waals surface area (Å²) in [6, 6.07) is 20.3. The number of carboxylic acid groups (broad SMARTS) is 1. The Bertz CT molecular complexity index is 1650. The van der Waals surface area contributed by atoms with Crippen molar-refractivity contribution in [1.29, 1.82) is 0 Å².